The monoisotopic (exact) mass is 284 g/mol. The first-order valence-electron chi connectivity index (χ1n) is 6.64. The molecule has 0 aliphatic carbocycles. The lowest BCUT2D eigenvalue weighted by atomic mass is 9.95. The van der Waals surface area contributed by atoms with E-state index < -0.39 is 11.6 Å². The lowest BCUT2D eigenvalue weighted by Crippen LogP contribution is -2.02. The number of halogens is 2. The Bertz CT molecular complexity index is 828. The van der Waals surface area contributed by atoms with Crippen molar-refractivity contribution in [1.82, 2.24) is 4.98 Å². The fourth-order valence-corrected chi connectivity index (χ4v) is 2.59. The Morgan fingerprint density at radius 2 is 1.90 bits per heavy atom. The van der Waals surface area contributed by atoms with Crippen LogP contribution < -0.4 is 5.73 Å². The summed E-state index contributed by atoms with van der Waals surface area (Å²) in [4.78, 5) is 4.35. The lowest BCUT2D eigenvalue weighted by molar-refractivity contribution is 0.509. The summed E-state index contributed by atoms with van der Waals surface area (Å²) in [6.45, 7) is 2.31. The Labute approximate surface area is 121 Å². The van der Waals surface area contributed by atoms with Gasteiger partial charge in [-0.2, -0.15) is 0 Å². The number of aromatic nitrogens is 1. The number of aryl methyl sites for hydroxylation is 1. The summed E-state index contributed by atoms with van der Waals surface area (Å²) in [5, 5.41) is 1.92. The number of hydrogen-bond donors (Lipinski definition) is 1. The van der Waals surface area contributed by atoms with Gasteiger partial charge in [0.1, 0.15) is 0 Å². The fraction of sp³-hybridized carbons (Fsp3) is 0.118. The molecule has 2 aromatic carbocycles. The van der Waals surface area contributed by atoms with Gasteiger partial charge >= 0.3 is 0 Å². The number of fused-ring (bicyclic) bond motifs is 1. The Kier molecular flexibility index (Phi) is 3.39. The van der Waals surface area contributed by atoms with Crippen molar-refractivity contribution in [1.29, 1.82) is 0 Å². The van der Waals surface area contributed by atoms with Crippen LogP contribution in [0.2, 0.25) is 0 Å². The first-order valence-corrected chi connectivity index (χ1v) is 6.64. The molecule has 2 nitrogen and oxygen atoms in total. The van der Waals surface area contributed by atoms with E-state index >= 15 is 0 Å². The van der Waals surface area contributed by atoms with E-state index in [1.54, 1.807) is 12.3 Å². The molecule has 0 aliphatic heterocycles. The molecule has 0 unspecified atom stereocenters. The van der Waals surface area contributed by atoms with Gasteiger partial charge in [0.15, 0.2) is 11.6 Å². The van der Waals surface area contributed by atoms with Crippen molar-refractivity contribution in [2.75, 3.05) is 0 Å². The second-order valence-electron chi connectivity index (χ2n) is 4.95. The lowest BCUT2D eigenvalue weighted by Gasteiger charge is -2.12. The zero-order valence-electron chi connectivity index (χ0n) is 11.5. The van der Waals surface area contributed by atoms with E-state index in [0.717, 1.165) is 33.7 Å². The van der Waals surface area contributed by atoms with E-state index in [0.29, 0.717) is 12.1 Å². The maximum atomic E-state index is 13.5. The van der Waals surface area contributed by atoms with Gasteiger partial charge in [-0.05, 0) is 35.6 Å². The Balaban J connectivity index is 2.35. The molecule has 3 aromatic rings. The molecule has 0 saturated heterocycles. The summed E-state index contributed by atoms with van der Waals surface area (Å²) >= 11 is 0. The van der Waals surface area contributed by atoms with Crippen LogP contribution in [0.5, 0.6) is 0 Å². The predicted octanol–water partition coefficient (Wildman–Crippen LogP) is 3.95. The molecule has 0 spiro atoms. The number of hydrogen-bond acceptors (Lipinski definition) is 2. The first-order chi connectivity index (χ1) is 10.1. The van der Waals surface area contributed by atoms with E-state index in [1.807, 2.05) is 25.1 Å². The number of nitrogens with zero attached hydrogens (tertiary/aromatic N) is 1. The molecule has 4 heteroatoms. The minimum Gasteiger partial charge on any atom is -0.325 e. The van der Waals surface area contributed by atoms with Crippen LogP contribution in [0.4, 0.5) is 8.78 Å². The second-order valence-corrected chi connectivity index (χ2v) is 4.95. The molecule has 1 aromatic heterocycles. The Hall–Kier alpha value is -2.33. The molecule has 0 aliphatic rings. The number of rotatable bonds is 2. The van der Waals surface area contributed by atoms with Crippen molar-refractivity contribution >= 4 is 10.8 Å². The van der Waals surface area contributed by atoms with Crippen LogP contribution in [0.15, 0.2) is 42.6 Å². The molecule has 0 radical (unpaired) electrons. The smallest absolute Gasteiger partial charge is 0.159 e. The third-order valence-electron chi connectivity index (χ3n) is 3.63. The quantitative estimate of drug-likeness (QED) is 0.774. The van der Waals surface area contributed by atoms with Gasteiger partial charge in [-0.1, -0.05) is 24.3 Å². The van der Waals surface area contributed by atoms with Gasteiger partial charge in [-0.15, -0.1) is 0 Å². The van der Waals surface area contributed by atoms with Crippen LogP contribution in [0.3, 0.4) is 0 Å². The topological polar surface area (TPSA) is 38.9 Å². The van der Waals surface area contributed by atoms with Gasteiger partial charge in [0.2, 0.25) is 0 Å². The molecule has 3 rings (SSSR count). The number of nitrogens with two attached hydrogens (primary N) is 1. The number of pyridine rings is 1. The van der Waals surface area contributed by atoms with Crippen molar-refractivity contribution in [3.8, 4) is 11.1 Å². The van der Waals surface area contributed by atoms with Crippen LogP contribution in [-0.2, 0) is 6.54 Å². The molecule has 106 valence electrons. The van der Waals surface area contributed by atoms with Crippen LogP contribution in [0.1, 0.15) is 11.3 Å². The summed E-state index contributed by atoms with van der Waals surface area (Å²) in [5.41, 5.74) is 8.94. The molecule has 0 saturated carbocycles. The van der Waals surface area contributed by atoms with Gasteiger partial charge in [-0.25, -0.2) is 8.78 Å². The molecule has 0 amide bonds. The molecular formula is C17H14F2N2. The second kappa shape index (κ2) is 5.22. The normalized spacial score (nSPS) is 11.0. The van der Waals surface area contributed by atoms with E-state index in [-0.39, 0.29) is 0 Å². The summed E-state index contributed by atoms with van der Waals surface area (Å²) in [6.07, 6.45) is 1.67. The highest BCUT2D eigenvalue weighted by Crippen LogP contribution is 2.32. The van der Waals surface area contributed by atoms with Gasteiger partial charge in [0.05, 0.1) is 5.69 Å². The molecule has 0 bridgehead atoms. The zero-order valence-corrected chi connectivity index (χ0v) is 11.5. The van der Waals surface area contributed by atoms with Crippen LogP contribution >= 0.6 is 0 Å². The van der Waals surface area contributed by atoms with E-state index in [9.17, 15) is 8.78 Å². The molecule has 1 heterocycles. The van der Waals surface area contributed by atoms with Crippen molar-refractivity contribution in [2.45, 2.75) is 13.5 Å². The minimum atomic E-state index is -0.864. The minimum absolute atomic E-state index is 0.331. The van der Waals surface area contributed by atoms with Gasteiger partial charge in [0.25, 0.3) is 0 Å². The van der Waals surface area contributed by atoms with Crippen LogP contribution in [0.25, 0.3) is 21.9 Å². The van der Waals surface area contributed by atoms with Crippen molar-refractivity contribution in [2.24, 2.45) is 5.73 Å². The van der Waals surface area contributed by atoms with E-state index in [4.69, 9.17) is 5.73 Å². The van der Waals surface area contributed by atoms with Crippen molar-refractivity contribution in [3.63, 3.8) is 0 Å². The maximum absolute atomic E-state index is 13.5. The highest BCUT2D eigenvalue weighted by Gasteiger charge is 2.12. The van der Waals surface area contributed by atoms with E-state index in [2.05, 4.69) is 4.98 Å². The average molecular weight is 284 g/mol. The molecule has 21 heavy (non-hydrogen) atoms. The van der Waals surface area contributed by atoms with Crippen molar-refractivity contribution in [3.05, 3.63) is 65.5 Å². The zero-order chi connectivity index (χ0) is 15.0. The Morgan fingerprint density at radius 1 is 1.10 bits per heavy atom. The predicted molar refractivity (Wildman–Crippen MR) is 79.7 cm³/mol. The SMILES string of the molecule is Cc1cccc2c(CN)ncc(-c3ccc(F)c(F)c3)c12. The van der Waals surface area contributed by atoms with Crippen LogP contribution in [0, 0.1) is 18.6 Å². The van der Waals surface area contributed by atoms with Crippen molar-refractivity contribution < 1.29 is 8.78 Å². The van der Waals surface area contributed by atoms with Gasteiger partial charge in [-0.3, -0.25) is 4.98 Å². The molecule has 0 fully saturated rings. The van der Waals surface area contributed by atoms with Gasteiger partial charge in [0, 0.05) is 23.7 Å². The first kappa shape index (κ1) is 13.6. The summed E-state index contributed by atoms with van der Waals surface area (Å²) in [6, 6.07) is 9.75. The standard InChI is InChI=1S/C17H14F2N2/c1-10-3-2-4-12-16(8-20)21-9-13(17(10)12)11-5-6-14(18)15(19)7-11/h2-7,9H,8,20H2,1H3. The summed E-state index contributed by atoms with van der Waals surface area (Å²) in [5.74, 6) is -1.72. The van der Waals surface area contributed by atoms with Gasteiger partial charge < -0.3 is 5.73 Å². The molecule has 0 atom stereocenters. The van der Waals surface area contributed by atoms with Crippen LogP contribution in [-0.4, -0.2) is 4.98 Å². The molecule has 2 N–H and O–H groups in total. The maximum Gasteiger partial charge on any atom is 0.159 e. The number of benzene rings is 2. The molecular weight excluding hydrogens is 270 g/mol. The highest BCUT2D eigenvalue weighted by atomic mass is 19.2. The third-order valence-corrected chi connectivity index (χ3v) is 3.63. The highest BCUT2D eigenvalue weighted by molar-refractivity contribution is 5.99. The fourth-order valence-electron chi connectivity index (χ4n) is 2.59. The van der Waals surface area contributed by atoms with E-state index in [1.165, 1.54) is 6.07 Å². The summed E-state index contributed by atoms with van der Waals surface area (Å²) < 4.78 is 26.6. The average Bonchev–Trinajstić information content (AvgIpc) is 2.49. The largest absolute Gasteiger partial charge is 0.325 e. The Morgan fingerprint density at radius 3 is 2.62 bits per heavy atom. The third kappa shape index (κ3) is 2.28. The summed E-state index contributed by atoms with van der Waals surface area (Å²) in [7, 11) is 0.